The number of carbonyl (C=O) groups excluding carboxylic acids is 1. The van der Waals surface area contributed by atoms with Gasteiger partial charge in [0.2, 0.25) is 10.0 Å². The average Bonchev–Trinajstić information content (AvgIpc) is 2.77. The molecule has 1 amide bonds. The van der Waals surface area contributed by atoms with Gasteiger partial charge in [-0.1, -0.05) is 29.8 Å². The molecular formula is C23H23ClN2O4S. The fraction of sp³-hybridized carbons (Fsp3) is 0.174. The van der Waals surface area contributed by atoms with Crippen LogP contribution >= 0.6 is 11.6 Å². The van der Waals surface area contributed by atoms with Crippen LogP contribution in [0.15, 0.2) is 77.7 Å². The Hall–Kier alpha value is -2.87. The fourth-order valence-corrected chi connectivity index (χ4v) is 4.27. The highest BCUT2D eigenvalue weighted by molar-refractivity contribution is 7.89. The average molecular weight is 459 g/mol. The van der Waals surface area contributed by atoms with E-state index in [2.05, 4.69) is 5.32 Å². The van der Waals surface area contributed by atoms with Crippen LogP contribution < -0.4 is 10.1 Å². The lowest BCUT2D eigenvalue weighted by Gasteiger charge is -2.20. The van der Waals surface area contributed by atoms with Crippen molar-refractivity contribution in [2.45, 2.75) is 18.4 Å². The van der Waals surface area contributed by atoms with E-state index in [9.17, 15) is 13.2 Å². The van der Waals surface area contributed by atoms with E-state index in [4.69, 9.17) is 16.3 Å². The third-order valence-electron chi connectivity index (χ3n) is 4.57. The summed E-state index contributed by atoms with van der Waals surface area (Å²) < 4.78 is 32.7. The Bertz CT molecular complexity index is 1150. The van der Waals surface area contributed by atoms with Crippen LogP contribution in [0, 0.1) is 0 Å². The Morgan fingerprint density at radius 3 is 2.35 bits per heavy atom. The van der Waals surface area contributed by atoms with Gasteiger partial charge < -0.3 is 10.1 Å². The van der Waals surface area contributed by atoms with Crippen LogP contribution in [0.2, 0.25) is 5.02 Å². The predicted molar refractivity (Wildman–Crippen MR) is 122 cm³/mol. The molecule has 31 heavy (non-hydrogen) atoms. The lowest BCUT2D eigenvalue weighted by molar-refractivity contribution is 0.102. The molecule has 3 rings (SSSR count). The number of hydrogen-bond acceptors (Lipinski definition) is 4. The molecule has 0 saturated heterocycles. The summed E-state index contributed by atoms with van der Waals surface area (Å²) in [6.07, 6.45) is 0. The molecular weight excluding hydrogens is 436 g/mol. The van der Waals surface area contributed by atoms with E-state index in [1.54, 1.807) is 72.8 Å². The normalized spacial score (nSPS) is 11.4. The molecule has 0 radical (unpaired) electrons. The zero-order chi connectivity index (χ0) is 22.4. The Balaban J connectivity index is 1.86. The van der Waals surface area contributed by atoms with Crippen LogP contribution in [-0.2, 0) is 16.6 Å². The summed E-state index contributed by atoms with van der Waals surface area (Å²) in [7, 11) is -2.19. The second-order valence-electron chi connectivity index (χ2n) is 6.79. The highest BCUT2D eigenvalue weighted by Crippen LogP contribution is 2.25. The monoisotopic (exact) mass is 458 g/mol. The van der Waals surface area contributed by atoms with Crippen molar-refractivity contribution in [3.63, 3.8) is 0 Å². The quantitative estimate of drug-likeness (QED) is 0.525. The number of rotatable bonds is 8. The summed E-state index contributed by atoms with van der Waals surface area (Å²) in [6.45, 7) is 2.31. The van der Waals surface area contributed by atoms with E-state index >= 15 is 0 Å². The molecule has 6 nitrogen and oxygen atoms in total. The Morgan fingerprint density at radius 1 is 1.03 bits per heavy atom. The van der Waals surface area contributed by atoms with E-state index in [0.29, 0.717) is 34.2 Å². The van der Waals surface area contributed by atoms with Crippen LogP contribution in [0.3, 0.4) is 0 Å². The zero-order valence-corrected chi connectivity index (χ0v) is 18.8. The van der Waals surface area contributed by atoms with Gasteiger partial charge in [0, 0.05) is 35.4 Å². The molecule has 0 fully saturated rings. The minimum absolute atomic E-state index is 0.0502. The lowest BCUT2D eigenvalue weighted by atomic mass is 10.1. The van der Waals surface area contributed by atoms with E-state index in [0.717, 1.165) is 0 Å². The molecule has 8 heteroatoms. The van der Waals surface area contributed by atoms with Gasteiger partial charge in [-0.2, -0.15) is 4.31 Å². The number of nitrogens with one attached hydrogen (secondary N) is 1. The minimum Gasteiger partial charge on any atom is -0.494 e. The predicted octanol–water partition coefficient (Wildman–Crippen LogP) is 4.81. The molecule has 0 spiro atoms. The first-order valence-corrected chi connectivity index (χ1v) is 11.5. The molecule has 0 aliphatic rings. The molecule has 3 aromatic rings. The van der Waals surface area contributed by atoms with E-state index in [-0.39, 0.29) is 17.3 Å². The third kappa shape index (κ3) is 5.64. The van der Waals surface area contributed by atoms with Crippen LogP contribution in [0.4, 0.5) is 5.69 Å². The summed E-state index contributed by atoms with van der Waals surface area (Å²) in [6, 6.07) is 19.9. The smallest absolute Gasteiger partial charge is 0.255 e. The lowest BCUT2D eigenvalue weighted by Crippen LogP contribution is -2.27. The number of halogens is 1. The van der Waals surface area contributed by atoms with Crippen molar-refractivity contribution < 1.29 is 17.9 Å². The Labute approximate surface area is 187 Å². The molecule has 3 aromatic carbocycles. The highest BCUT2D eigenvalue weighted by Gasteiger charge is 2.22. The SMILES string of the molecule is CCOc1ccc(C(=O)Nc2ccc(Cl)cc2)cc1CN(C)S(=O)(=O)c1ccccc1. The van der Waals surface area contributed by atoms with E-state index < -0.39 is 10.0 Å². The first-order chi connectivity index (χ1) is 14.8. The zero-order valence-electron chi connectivity index (χ0n) is 17.2. The number of amides is 1. The molecule has 0 unspecified atom stereocenters. The molecule has 162 valence electrons. The number of nitrogens with zero attached hydrogens (tertiary/aromatic N) is 1. The summed E-state index contributed by atoms with van der Waals surface area (Å²) in [5, 5.41) is 3.38. The Kier molecular flexibility index (Phi) is 7.33. The maximum atomic E-state index is 12.9. The third-order valence-corrected chi connectivity index (χ3v) is 6.64. The van der Waals surface area contributed by atoms with Crippen molar-refractivity contribution in [3.8, 4) is 5.75 Å². The maximum Gasteiger partial charge on any atom is 0.255 e. The highest BCUT2D eigenvalue weighted by atomic mass is 35.5. The molecule has 0 aliphatic carbocycles. The molecule has 0 saturated carbocycles. The van der Waals surface area contributed by atoms with E-state index in [1.807, 2.05) is 6.92 Å². The molecule has 0 bridgehead atoms. The van der Waals surface area contributed by atoms with Crippen molar-refractivity contribution in [2.75, 3.05) is 19.0 Å². The van der Waals surface area contributed by atoms with Crippen LogP contribution in [0.5, 0.6) is 5.75 Å². The van der Waals surface area contributed by atoms with Crippen molar-refractivity contribution in [2.24, 2.45) is 0 Å². The molecule has 1 N–H and O–H groups in total. The summed E-state index contributed by atoms with van der Waals surface area (Å²) >= 11 is 5.88. The molecule has 0 aromatic heterocycles. The van der Waals surface area contributed by atoms with Crippen LogP contribution in [0.1, 0.15) is 22.8 Å². The topological polar surface area (TPSA) is 75.7 Å². The maximum absolute atomic E-state index is 12.9. The first-order valence-electron chi connectivity index (χ1n) is 9.65. The number of carbonyl (C=O) groups is 1. The van der Waals surface area contributed by atoms with Crippen LogP contribution in [0.25, 0.3) is 0 Å². The van der Waals surface area contributed by atoms with E-state index in [1.165, 1.54) is 11.4 Å². The molecule has 0 aliphatic heterocycles. The summed E-state index contributed by atoms with van der Waals surface area (Å²) in [4.78, 5) is 12.9. The van der Waals surface area contributed by atoms with Crippen LogP contribution in [-0.4, -0.2) is 32.3 Å². The number of anilines is 1. The summed E-state index contributed by atoms with van der Waals surface area (Å²) in [5.74, 6) is 0.209. The Morgan fingerprint density at radius 2 is 1.71 bits per heavy atom. The number of hydrogen-bond donors (Lipinski definition) is 1. The molecule has 0 heterocycles. The van der Waals surface area contributed by atoms with Crippen molar-refractivity contribution in [1.29, 1.82) is 0 Å². The van der Waals surface area contributed by atoms with Gasteiger partial charge in [-0.3, -0.25) is 4.79 Å². The van der Waals surface area contributed by atoms with Crippen molar-refractivity contribution in [1.82, 2.24) is 4.31 Å². The summed E-state index contributed by atoms with van der Waals surface area (Å²) in [5.41, 5.74) is 1.58. The van der Waals surface area contributed by atoms with Gasteiger partial charge in [-0.05, 0) is 61.5 Å². The van der Waals surface area contributed by atoms with Gasteiger partial charge in [-0.25, -0.2) is 8.42 Å². The fourth-order valence-electron chi connectivity index (χ4n) is 2.97. The van der Waals surface area contributed by atoms with Gasteiger partial charge in [0.05, 0.1) is 11.5 Å². The second-order valence-corrected chi connectivity index (χ2v) is 9.27. The second kappa shape index (κ2) is 9.96. The minimum atomic E-state index is -3.69. The van der Waals surface area contributed by atoms with Crippen molar-refractivity contribution in [3.05, 3.63) is 88.9 Å². The van der Waals surface area contributed by atoms with Gasteiger partial charge >= 0.3 is 0 Å². The number of sulfonamides is 1. The molecule has 0 atom stereocenters. The number of ether oxygens (including phenoxy) is 1. The van der Waals surface area contributed by atoms with Gasteiger partial charge in [0.15, 0.2) is 0 Å². The van der Waals surface area contributed by atoms with Gasteiger partial charge in [0.25, 0.3) is 5.91 Å². The number of benzene rings is 3. The van der Waals surface area contributed by atoms with Gasteiger partial charge in [0.1, 0.15) is 5.75 Å². The largest absolute Gasteiger partial charge is 0.494 e. The first kappa shape index (κ1) is 22.8. The van der Waals surface area contributed by atoms with Crippen molar-refractivity contribution >= 4 is 33.2 Å². The van der Waals surface area contributed by atoms with Gasteiger partial charge in [-0.15, -0.1) is 0 Å². The standard InChI is InChI=1S/C23H23ClN2O4S/c1-3-30-22-14-9-17(23(27)25-20-12-10-19(24)11-13-20)15-18(22)16-26(2)31(28,29)21-7-5-4-6-8-21/h4-15H,3,16H2,1-2H3,(H,25,27).